The summed E-state index contributed by atoms with van der Waals surface area (Å²) in [4.78, 5) is 36.5. The van der Waals surface area contributed by atoms with Gasteiger partial charge < -0.3 is 25.2 Å². The molecule has 0 saturated carbocycles. The fourth-order valence-corrected chi connectivity index (χ4v) is 8.31. The van der Waals surface area contributed by atoms with E-state index in [4.69, 9.17) is 33.7 Å². The summed E-state index contributed by atoms with van der Waals surface area (Å²) in [6, 6.07) is 9.77. The lowest BCUT2D eigenvalue weighted by Crippen LogP contribution is -2.62. The molecule has 14 heteroatoms. The number of aromatic nitrogens is 1. The first-order valence-electron chi connectivity index (χ1n) is 16.6. The minimum Gasteiger partial charge on any atom is -0.487 e. The molecular weight excluding hydrogens is 687 g/mol. The first kappa shape index (κ1) is 38.8. The number of hydrogen-bond acceptors (Lipinski definition) is 8. The van der Waals surface area contributed by atoms with Gasteiger partial charge in [0, 0.05) is 47.8 Å². The van der Waals surface area contributed by atoms with Crippen LogP contribution in [0.15, 0.2) is 41.3 Å². The van der Waals surface area contributed by atoms with E-state index in [9.17, 15) is 18.0 Å². The molecule has 3 aromatic rings. The van der Waals surface area contributed by atoms with E-state index in [-0.39, 0.29) is 58.4 Å². The van der Waals surface area contributed by atoms with Crippen LogP contribution in [0.4, 0.5) is 0 Å². The SMILES string of the molecule is CC[C@](C)(NS(=O)(=O)c1ccc(Cl)c(COc2cccc3c(C)cc(C)nc23)c1Cl)C(=O)N1CCN(C(=O)[C@@H](N)CCCCN(C)C)CC1. The van der Waals surface area contributed by atoms with E-state index in [2.05, 4.69) is 14.6 Å². The maximum absolute atomic E-state index is 13.8. The van der Waals surface area contributed by atoms with Crippen molar-refractivity contribution < 1.29 is 22.7 Å². The minimum absolute atomic E-state index is 0.100. The Bertz CT molecular complexity index is 1780. The number of benzene rings is 2. The van der Waals surface area contributed by atoms with Gasteiger partial charge >= 0.3 is 0 Å². The molecule has 4 rings (SSSR count). The minimum atomic E-state index is -4.30. The van der Waals surface area contributed by atoms with Crippen molar-refractivity contribution in [3.8, 4) is 5.75 Å². The number of aryl methyl sites for hydroxylation is 2. The standard InChI is InChI=1S/C35H48Cl2N6O5S/c1-7-35(4,34(45)43-19-17-42(18-20-43)33(44)28(38)12-8-9-16-41(5)6)40-49(46,47)30-15-14-27(36)26(31(30)37)22-48-29-13-10-11-25-23(2)21-24(3)39-32(25)29/h10-11,13-15,21,28,40H,7-9,12,16-20,22,38H2,1-6H3/t28-,35-/m0/s1. The lowest BCUT2D eigenvalue weighted by Gasteiger charge is -2.40. The summed E-state index contributed by atoms with van der Waals surface area (Å²) in [5.74, 6) is -0.00730. The van der Waals surface area contributed by atoms with Crippen LogP contribution in [0.25, 0.3) is 10.9 Å². The van der Waals surface area contributed by atoms with Crippen molar-refractivity contribution in [3.05, 3.63) is 63.3 Å². The molecule has 268 valence electrons. The molecule has 49 heavy (non-hydrogen) atoms. The lowest BCUT2D eigenvalue weighted by molar-refractivity contribution is -0.143. The van der Waals surface area contributed by atoms with Gasteiger partial charge in [-0.25, -0.2) is 13.4 Å². The Hall–Kier alpha value is -3.00. The Morgan fingerprint density at radius 2 is 1.76 bits per heavy atom. The van der Waals surface area contributed by atoms with Gasteiger partial charge in [0.05, 0.1) is 11.1 Å². The van der Waals surface area contributed by atoms with E-state index < -0.39 is 21.6 Å². The molecule has 0 aliphatic carbocycles. The number of unbranched alkanes of at least 4 members (excludes halogenated alkanes) is 1. The molecular formula is C35H48Cl2N6O5S. The van der Waals surface area contributed by atoms with Crippen molar-refractivity contribution >= 4 is 55.9 Å². The molecule has 1 saturated heterocycles. The molecule has 0 bridgehead atoms. The number of para-hydroxylation sites is 1. The summed E-state index contributed by atoms with van der Waals surface area (Å²) in [5.41, 5.74) is 7.58. The fraction of sp³-hybridized carbons (Fsp3) is 0.514. The number of sulfonamides is 1. The molecule has 1 fully saturated rings. The predicted octanol–water partition coefficient (Wildman–Crippen LogP) is 4.91. The average Bonchev–Trinajstić information content (AvgIpc) is 3.05. The third kappa shape index (κ3) is 9.22. The highest BCUT2D eigenvalue weighted by Gasteiger charge is 2.41. The summed E-state index contributed by atoms with van der Waals surface area (Å²) >= 11 is 13.2. The zero-order valence-corrected chi connectivity index (χ0v) is 31.5. The van der Waals surface area contributed by atoms with Crippen molar-refractivity contribution in [3.63, 3.8) is 0 Å². The summed E-state index contributed by atoms with van der Waals surface area (Å²) in [6.07, 6.45) is 2.59. The second-order valence-electron chi connectivity index (χ2n) is 13.2. The van der Waals surface area contributed by atoms with Crippen LogP contribution in [0.1, 0.15) is 56.4 Å². The van der Waals surface area contributed by atoms with E-state index in [0.29, 0.717) is 30.8 Å². The van der Waals surface area contributed by atoms with Crippen molar-refractivity contribution in [2.45, 2.75) is 76.5 Å². The van der Waals surface area contributed by atoms with Crippen LogP contribution < -0.4 is 15.2 Å². The van der Waals surface area contributed by atoms with Gasteiger partial charge in [-0.2, -0.15) is 4.72 Å². The van der Waals surface area contributed by atoms with Crippen molar-refractivity contribution in [1.29, 1.82) is 0 Å². The maximum atomic E-state index is 13.8. The van der Waals surface area contributed by atoms with Gasteiger partial charge in [0.2, 0.25) is 21.8 Å². The third-order valence-corrected chi connectivity index (χ3v) is 11.6. The Labute approximate surface area is 300 Å². The summed E-state index contributed by atoms with van der Waals surface area (Å²) < 4.78 is 36.4. The number of amides is 2. The second kappa shape index (κ2) is 16.3. The number of carbonyl (C=O) groups is 2. The van der Waals surface area contributed by atoms with E-state index in [1.54, 1.807) is 29.7 Å². The van der Waals surface area contributed by atoms with Gasteiger partial charge in [0.1, 0.15) is 28.3 Å². The van der Waals surface area contributed by atoms with Crippen LogP contribution in [-0.4, -0.2) is 98.3 Å². The normalized spacial score (nSPS) is 15.8. The highest BCUT2D eigenvalue weighted by molar-refractivity contribution is 7.89. The van der Waals surface area contributed by atoms with Gasteiger partial charge in [-0.15, -0.1) is 0 Å². The van der Waals surface area contributed by atoms with Gasteiger partial charge in [0.25, 0.3) is 0 Å². The Kier molecular flexibility index (Phi) is 12.9. The Morgan fingerprint density at radius 3 is 2.41 bits per heavy atom. The predicted molar refractivity (Wildman–Crippen MR) is 195 cm³/mol. The number of carbonyl (C=O) groups excluding carboxylic acids is 2. The Morgan fingerprint density at radius 1 is 1.08 bits per heavy atom. The average molecular weight is 736 g/mol. The first-order valence-corrected chi connectivity index (χ1v) is 18.8. The topological polar surface area (TPSA) is 138 Å². The maximum Gasteiger partial charge on any atom is 0.243 e. The summed E-state index contributed by atoms with van der Waals surface area (Å²) in [6.45, 7) is 9.19. The zero-order valence-electron chi connectivity index (χ0n) is 29.2. The van der Waals surface area contributed by atoms with Crippen LogP contribution in [-0.2, 0) is 26.2 Å². The van der Waals surface area contributed by atoms with E-state index in [0.717, 1.165) is 36.0 Å². The van der Waals surface area contributed by atoms with Gasteiger partial charge in [0.15, 0.2) is 0 Å². The molecule has 2 heterocycles. The number of rotatable bonds is 14. The molecule has 11 nitrogen and oxygen atoms in total. The van der Waals surface area contributed by atoms with Gasteiger partial charge in [-0.05, 0) is 90.5 Å². The molecule has 2 atom stereocenters. The van der Waals surface area contributed by atoms with Gasteiger partial charge in [-0.1, -0.05) is 48.7 Å². The van der Waals surface area contributed by atoms with Crippen LogP contribution in [0.5, 0.6) is 5.75 Å². The monoisotopic (exact) mass is 734 g/mol. The molecule has 2 aromatic carbocycles. The third-order valence-electron chi connectivity index (χ3n) is 9.05. The first-order chi connectivity index (χ1) is 23.1. The molecule has 0 radical (unpaired) electrons. The number of ether oxygens (including phenoxy) is 1. The zero-order chi connectivity index (χ0) is 36.1. The van der Waals surface area contributed by atoms with Crippen LogP contribution >= 0.6 is 23.2 Å². The number of nitrogens with one attached hydrogen (secondary N) is 1. The van der Waals surface area contributed by atoms with Crippen LogP contribution in [0.2, 0.25) is 10.0 Å². The molecule has 2 amide bonds. The summed E-state index contributed by atoms with van der Waals surface area (Å²) in [7, 11) is -0.290. The molecule has 0 unspecified atom stereocenters. The second-order valence-corrected chi connectivity index (χ2v) is 15.6. The molecule has 0 spiro atoms. The number of fused-ring (bicyclic) bond motifs is 1. The quantitative estimate of drug-likeness (QED) is 0.223. The molecule has 1 aromatic heterocycles. The lowest BCUT2D eigenvalue weighted by atomic mass is 9.98. The van der Waals surface area contributed by atoms with E-state index in [1.807, 2.05) is 46.1 Å². The molecule has 1 aliphatic heterocycles. The number of hydrogen-bond donors (Lipinski definition) is 2. The van der Waals surface area contributed by atoms with E-state index >= 15 is 0 Å². The number of halogens is 2. The molecule has 1 aliphatic rings. The number of piperazine rings is 1. The van der Waals surface area contributed by atoms with Crippen molar-refractivity contribution in [2.24, 2.45) is 5.73 Å². The van der Waals surface area contributed by atoms with Crippen LogP contribution in [0.3, 0.4) is 0 Å². The highest BCUT2D eigenvalue weighted by atomic mass is 35.5. The van der Waals surface area contributed by atoms with Gasteiger partial charge in [-0.3, -0.25) is 9.59 Å². The fourth-order valence-electron chi connectivity index (χ4n) is 5.99. The van der Waals surface area contributed by atoms with E-state index in [1.165, 1.54) is 12.1 Å². The number of nitrogens with two attached hydrogens (primary N) is 1. The Balaban J connectivity index is 1.44. The van der Waals surface area contributed by atoms with Crippen molar-refractivity contribution in [2.75, 3.05) is 46.8 Å². The summed E-state index contributed by atoms with van der Waals surface area (Å²) in [5, 5.41) is 1.07. The molecule has 3 N–H and O–H groups in total. The largest absolute Gasteiger partial charge is 0.487 e. The van der Waals surface area contributed by atoms with Crippen molar-refractivity contribution in [1.82, 2.24) is 24.4 Å². The highest BCUT2D eigenvalue weighted by Crippen LogP contribution is 2.34. The number of nitrogens with zero attached hydrogens (tertiary/aromatic N) is 4. The van der Waals surface area contributed by atoms with Crippen LogP contribution in [0, 0.1) is 13.8 Å². The number of pyridine rings is 1. The smallest absolute Gasteiger partial charge is 0.243 e.